The second kappa shape index (κ2) is 10.5. The molecular weight excluding hydrogens is 494 g/mol. The number of rotatable bonds is 8. The molecule has 1 saturated heterocycles. The smallest absolute Gasteiger partial charge is 0.320 e. The maximum absolute atomic E-state index is 13.8. The number of nitriles is 1. The Hall–Kier alpha value is -3.55. The molecular formula is C29H37N7O3. The normalized spacial score (nSPS) is 26.0. The minimum Gasteiger partial charge on any atom is -0.388 e. The summed E-state index contributed by atoms with van der Waals surface area (Å²) in [7, 11) is 4.26. The van der Waals surface area contributed by atoms with E-state index in [0.29, 0.717) is 31.6 Å². The van der Waals surface area contributed by atoms with Gasteiger partial charge in [0.1, 0.15) is 6.07 Å². The fraction of sp³-hybridized carbons (Fsp3) is 0.552. The quantitative estimate of drug-likeness (QED) is 0.536. The summed E-state index contributed by atoms with van der Waals surface area (Å²) in [5.41, 5.74) is 0.407. The predicted octanol–water partition coefficient (Wildman–Crippen LogP) is 3.10. The van der Waals surface area contributed by atoms with Gasteiger partial charge in [-0.2, -0.15) is 5.26 Å². The Bertz CT molecular complexity index is 1230. The Morgan fingerprint density at radius 3 is 2.33 bits per heavy atom. The Balaban J connectivity index is 1.30. The summed E-state index contributed by atoms with van der Waals surface area (Å²) in [6.45, 7) is 1.18. The average molecular weight is 532 g/mol. The van der Waals surface area contributed by atoms with Crippen molar-refractivity contribution in [2.75, 3.05) is 39.0 Å². The molecule has 1 aromatic carbocycles. The SMILES string of the molecule is CN(C)[C@]1(c2ccccc2)CC[C@@]2(CC1)CN(CCC(=O)Nc1cnc(C#N)nc1)C(=O)N2CC1(O)CCC1. The van der Waals surface area contributed by atoms with Gasteiger partial charge in [0, 0.05) is 25.0 Å². The van der Waals surface area contributed by atoms with E-state index in [1.807, 2.05) is 17.0 Å². The van der Waals surface area contributed by atoms with Crippen LogP contribution in [0.2, 0.25) is 0 Å². The van der Waals surface area contributed by atoms with Crippen molar-refractivity contribution in [3.05, 3.63) is 54.1 Å². The number of anilines is 1. The molecule has 39 heavy (non-hydrogen) atoms. The van der Waals surface area contributed by atoms with Crippen molar-refractivity contribution in [1.29, 1.82) is 5.26 Å². The lowest BCUT2D eigenvalue weighted by atomic mass is 9.67. The largest absolute Gasteiger partial charge is 0.388 e. The molecule has 0 bridgehead atoms. The lowest BCUT2D eigenvalue weighted by Gasteiger charge is -2.52. The highest BCUT2D eigenvalue weighted by Gasteiger charge is 2.56. The number of amides is 3. The van der Waals surface area contributed by atoms with Crippen molar-refractivity contribution < 1.29 is 14.7 Å². The van der Waals surface area contributed by atoms with E-state index in [2.05, 4.69) is 58.5 Å². The number of carbonyl (C=O) groups is 2. The molecule has 3 amide bonds. The van der Waals surface area contributed by atoms with Gasteiger partial charge in [-0.3, -0.25) is 9.69 Å². The minimum atomic E-state index is -0.818. The molecule has 1 aliphatic heterocycles. The van der Waals surface area contributed by atoms with Crippen molar-refractivity contribution >= 4 is 17.6 Å². The highest BCUT2D eigenvalue weighted by atomic mass is 16.3. The third-order valence-corrected chi connectivity index (χ3v) is 9.12. The van der Waals surface area contributed by atoms with Gasteiger partial charge in [0.05, 0.1) is 35.8 Å². The molecule has 10 nitrogen and oxygen atoms in total. The van der Waals surface area contributed by atoms with Crippen LogP contribution in [-0.4, -0.2) is 86.6 Å². The van der Waals surface area contributed by atoms with Crippen LogP contribution in [0.15, 0.2) is 42.7 Å². The number of carbonyl (C=O) groups excluding carboxylic acids is 2. The summed E-state index contributed by atoms with van der Waals surface area (Å²) in [5, 5.41) is 22.7. The van der Waals surface area contributed by atoms with Gasteiger partial charge >= 0.3 is 6.03 Å². The molecule has 206 valence electrons. The number of benzene rings is 1. The van der Waals surface area contributed by atoms with Gasteiger partial charge in [-0.15, -0.1) is 0 Å². The molecule has 0 radical (unpaired) electrons. The molecule has 2 heterocycles. The van der Waals surface area contributed by atoms with E-state index in [-0.39, 0.29) is 41.8 Å². The van der Waals surface area contributed by atoms with Gasteiger partial charge in [-0.1, -0.05) is 30.3 Å². The summed E-state index contributed by atoms with van der Waals surface area (Å²) < 4.78 is 0. The van der Waals surface area contributed by atoms with Crippen LogP contribution in [0.5, 0.6) is 0 Å². The van der Waals surface area contributed by atoms with E-state index < -0.39 is 5.60 Å². The monoisotopic (exact) mass is 531 g/mol. The zero-order valence-electron chi connectivity index (χ0n) is 22.8. The number of hydrogen-bond donors (Lipinski definition) is 2. The van der Waals surface area contributed by atoms with Crippen molar-refractivity contribution in [2.24, 2.45) is 0 Å². The number of urea groups is 1. The van der Waals surface area contributed by atoms with Gasteiger partial charge in [0.15, 0.2) is 0 Å². The third-order valence-electron chi connectivity index (χ3n) is 9.12. The summed E-state index contributed by atoms with van der Waals surface area (Å²) in [5.74, 6) is -0.215. The van der Waals surface area contributed by atoms with Crippen molar-refractivity contribution in [1.82, 2.24) is 24.7 Å². The first kappa shape index (κ1) is 27.0. The molecule has 2 aromatic rings. The van der Waals surface area contributed by atoms with Gasteiger partial charge in [0.25, 0.3) is 0 Å². The van der Waals surface area contributed by atoms with Crippen LogP contribution in [-0.2, 0) is 10.3 Å². The van der Waals surface area contributed by atoms with Gasteiger partial charge < -0.3 is 20.2 Å². The summed E-state index contributed by atoms with van der Waals surface area (Å²) in [4.78, 5) is 40.2. The topological polar surface area (TPSA) is 126 Å². The molecule has 2 saturated carbocycles. The number of hydrogen-bond acceptors (Lipinski definition) is 7. The van der Waals surface area contributed by atoms with Gasteiger partial charge in [-0.25, -0.2) is 14.8 Å². The molecule has 2 N–H and O–H groups in total. The zero-order valence-corrected chi connectivity index (χ0v) is 22.8. The Kier molecular flexibility index (Phi) is 7.31. The number of aromatic nitrogens is 2. The number of β-amino-alcohol motifs (C(OH)–C–C–N with tert-alkyl or cyclic N) is 1. The van der Waals surface area contributed by atoms with Crippen molar-refractivity contribution in [2.45, 2.75) is 68.0 Å². The van der Waals surface area contributed by atoms with Crippen molar-refractivity contribution in [3.63, 3.8) is 0 Å². The van der Waals surface area contributed by atoms with E-state index in [4.69, 9.17) is 5.26 Å². The summed E-state index contributed by atoms with van der Waals surface area (Å²) >= 11 is 0. The molecule has 1 spiro atoms. The van der Waals surface area contributed by atoms with E-state index in [1.54, 1.807) is 4.90 Å². The van der Waals surface area contributed by atoms with Gasteiger partial charge in [-0.05, 0) is 64.6 Å². The Morgan fingerprint density at radius 1 is 1.10 bits per heavy atom. The van der Waals surface area contributed by atoms with E-state index in [1.165, 1.54) is 18.0 Å². The first-order valence-corrected chi connectivity index (χ1v) is 13.7. The first-order valence-electron chi connectivity index (χ1n) is 13.7. The molecule has 0 unspecified atom stereocenters. The summed E-state index contributed by atoms with van der Waals surface area (Å²) in [6.07, 6.45) is 8.79. The highest BCUT2D eigenvalue weighted by molar-refractivity contribution is 5.91. The van der Waals surface area contributed by atoms with Crippen molar-refractivity contribution in [3.8, 4) is 6.07 Å². The average Bonchev–Trinajstić information content (AvgIpc) is 3.18. The molecule has 2 aliphatic carbocycles. The van der Waals surface area contributed by atoms with Crippen LogP contribution in [0, 0.1) is 11.3 Å². The van der Waals surface area contributed by atoms with Crippen LogP contribution in [0.3, 0.4) is 0 Å². The Morgan fingerprint density at radius 2 is 1.77 bits per heavy atom. The molecule has 3 aliphatic rings. The zero-order chi connectivity index (χ0) is 27.7. The molecule has 1 aromatic heterocycles. The third kappa shape index (κ3) is 5.21. The molecule has 10 heteroatoms. The number of nitrogens with zero attached hydrogens (tertiary/aromatic N) is 6. The van der Waals surface area contributed by atoms with Crippen LogP contribution < -0.4 is 5.32 Å². The molecule has 5 rings (SSSR count). The van der Waals surface area contributed by atoms with E-state index in [9.17, 15) is 14.7 Å². The van der Waals surface area contributed by atoms with E-state index in [0.717, 1.165) is 32.1 Å². The lowest BCUT2D eigenvalue weighted by Crippen LogP contribution is -2.59. The highest BCUT2D eigenvalue weighted by Crippen LogP contribution is 2.50. The molecule has 3 fully saturated rings. The van der Waals surface area contributed by atoms with Crippen LogP contribution in [0.4, 0.5) is 10.5 Å². The number of nitrogens with one attached hydrogen (secondary N) is 1. The van der Waals surface area contributed by atoms with E-state index >= 15 is 0 Å². The first-order chi connectivity index (χ1) is 18.7. The second-order valence-corrected chi connectivity index (χ2v) is 11.6. The van der Waals surface area contributed by atoms with Crippen LogP contribution in [0.25, 0.3) is 0 Å². The predicted molar refractivity (Wildman–Crippen MR) is 145 cm³/mol. The van der Waals surface area contributed by atoms with Crippen LogP contribution >= 0.6 is 0 Å². The number of aliphatic hydroxyl groups is 1. The minimum absolute atomic E-state index is 0.0344. The maximum Gasteiger partial charge on any atom is 0.320 e. The standard InChI is InChI=1S/C29H37N7O3/c1-34(2)29(22-7-4-3-5-8-22)14-12-27(13-15-29)20-35(26(38)36(27)21-28(39)10-6-11-28)16-9-25(37)33-23-18-31-24(17-30)32-19-23/h3-5,7-8,18-19,39H,6,9-16,20-21H2,1-2H3,(H,33,37)/t27-,29-. The molecule has 0 atom stereocenters. The fourth-order valence-corrected chi connectivity index (χ4v) is 6.54. The maximum atomic E-state index is 13.8. The second-order valence-electron chi connectivity index (χ2n) is 11.6. The lowest BCUT2D eigenvalue weighted by molar-refractivity contribution is -0.116. The fourth-order valence-electron chi connectivity index (χ4n) is 6.54. The summed E-state index contributed by atoms with van der Waals surface area (Å²) in [6, 6.07) is 12.3. The Labute approximate surface area is 229 Å². The van der Waals surface area contributed by atoms with Gasteiger partial charge in [0.2, 0.25) is 11.7 Å². The van der Waals surface area contributed by atoms with Crippen LogP contribution in [0.1, 0.15) is 62.8 Å².